The highest BCUT2D eigenvalue weighted by Crippen LogP contribution is 2.56. The molecular weight excluding hydrogens is 181 g/mol. The molecule has 4 heteroatoms. The summed E-state index contributed by atoms with van der Waals surface area (Å²) < 4.78 is 0.223. The predicted octanol–water partition coefficient (Wildman–Crippen LogP) is 2.81. The Hall–Kier alpha value is 0.960. The van der Waals surface area contributed by atoms with Crippen molar-refractivity contribution in [1.82, 2.24) is 0 Å². The molecule has 0 bridgehead atoms. The molecule has 10 heavy (non-hydrogen) atoms. The van der Waals surface area contributed by atoms with Gasteiger partial charge in [-0.2, -0.15) is 0 Å². The Labute approximate surface area is 73.0 Å². The van der Waals surface area contributed by atoms with Gasteiger partial charge in [-0.25, -0.2) is 0 Å². The number of rotatable bonds is 2. The van der Waals surface area contributed by atoms with Gasteiger partial charge in [0.2, 0.25) is 0 Å². The average Bonchev–Trinajstić information content (AvgIpc) is 1.60. The summed E-state index contributed by atoms with van der Waals surface area (Å²) in [6.07, 6.45) is 0.949. The van der Waals surface area contributed by atoms with Crippen molar-refractivity contribution in [2.75, 3.05) is 6.16 Å². The Bertz CT molecular complexity index is 150. The lowest BCUT2D eigenvalue weighted by atomic mass is 10.3. The molecule has 0 aromatic carbocycles. The molecule has 0 rings (SSSR count). The molecule has 0 aromatic rings. The Balaban J connectivity index is 4.03. The zero-order valence-electron chi connectivity index (χ0n) is 7.05. The molecule has 0 radical (unpaired) electrons. The van der Waals surface area contributed by atoms with Crippen molar-refractivity contribution in [2.24, 2.45) is 5.50 Å². The van der Waals surface area contributed by atoms with Crippen molar-refractivity contribution in [3.05, 3.63) is 0 Å². The van der Waals surface area contributed by atoms with E-state index < -0.39 is 5.39 Å². The largest absolute Gasteiger partial charge is 0.295 e. The van der Waals surface area contributed by atoms with E-state index >= 15 is 0 Å². The minimum Gasteiger partial charge on any atom is -0.295 e. The van der Waals surface area contributed by atoms with Gasteiger partial charge in [-0.05, 0) is 6.16 Å². The first-order valence-electron chi connectivity index (χ1n) is 3.35. The quantitative estimate of drug-likeness (QED) is 0.689. The molecule has 0 saturated heterocycles. The Morgan fingerprint density at radius 2 is 1.90 bits per heavy atom. The van der Waals surface area contributed by atoms with Crippen molar-refractivity contribution in [1.29, 1.82) is 0 Å². The summed E-state index contributed by atoms with van der Waals surface area (Å²) in [4.78, 5) is 0. The normalized spacial score (nSPS) is 18.5. The molecular formula is C6H16NPS2. The monoisotopic (exact) mass is 197 g/mol. The molecule has 0 aliphatic heterocycles. The minimum atomic E-state index is -1.54. The molecule has 1 nitrogen and oxygen atoms in total. The van der Waals surface area contributed by atoms with Gasteiger partial charge in [-0.15, -0.1) is 11.4 Å². The predicted molar refractivity (Wildman–Crippen MR) is 56.4 cm³/mol. The van der Waals surface area contributed by atoms with Crippen LogP contribution in [0.1, 0.15) is 27.7 Å². The number of hydrogen-bond acceptors (Lipinski definition) is 2. The standard InChI is InChI=1S/C6H16NPS2/c1-5-8(7,9)10-6(2,3)4/h5H2,1-4H3,(H2,7,9). The van der Waals surface area contributed by atoms with Crippen LogP contribution in [0.2, 0.25) is 0 Å². The van der Waals surface area contributed by atoms with Gasteiger partial charge in [-0.1, -0.05) is 39.5 Å². The molecule has 0 aliphatic rings. The average molecular weight is 197 g/mol. The van der Waals surface area contributed by atoms with E-state index in [0.717, 1.165) is 6.16 Å². The van der Waals surface area contributed by atoms with Crippen LogP contribution in [0.25, 0.3) is 0 Å². The van der Waals surface area contributed by atoms with Crippen molar-refractivity contribution in [2.45, 2.75) is 32.4 Å². The highest BCUT2D eigenvalue weighted by Gasteiger charge is 2.19. The summed E-state index contributed by atoms with van der Waals surface area (Å²) in [6.45, 7) is 8.53. The topological polar surface area (TPSA) is 26.0 Å². The second-order valence-corrected chi connectivity index (χ2v) is 11.9. The van der Waals surface area contributed by atoms with E-state index in [1.54, 1.807) is 11.4 Å². The second-order valence-electron chi connectivity index (χ2n) is 3.25. The molecule has 1 unspecified atom stereocenters. The van der Waals surface area contributed by atoms with Gasteiger partial charge in [-0.3, -0.25) is 5.50 Å². The lowest BCUT2D eigenvalue weighted by molar-refractivity contribution is 0.810. The first-order valence-corrected chi connectivity index (χ1v) is 7.83. The smallest absolute Gasteiger partial charge is 0.0620 e. The van der Waals surface area contributed by atoms with Gasteiger partial charge in [0.15, 0.2) is 0 Å². The minimum absolute atomic E-state index is 0.223. The van der Waals surface area contributed by atoms with Crippen LogP contribution in [0.15, 0.2) is 0 Å². The highest BCUT2D eigenvalue weighted by molar-refractivity contribution is 8.70. The van der Waals surface area contributed by atoms with Crippen molar-refractivity contribution in [3.63, 3.8) is 0 Å². The zero-order valence-corrected chi connectivity index (χ0v) is 9.58. The third-order valence-corrected chi connectivity index (χ3v) is 7.40. The fourth-order valence-electron chi connectivity index (χ4n) is 0.528. The third kappa shape index (κ3) is 5.72. The SMILES string of the molecule is CCP(N)(=S)SC(C)(C)C. The van der Waals surface area contributed by atoms with Gasteiger partial charge in [0.25, 0.3) is 0 Å². The van der Waals surface area contributed by atoms with Crippen molar-refractivity contribution in [3.8, 4) is 0 Å². The summed E-state index contributed by atoms with van der Waals surface area (Å²) in [5, 5.41) is -1.54. The molecule has 1 atom stereocenters. The fraction of sp³-hybridized carbons (Fsp3) is 1.00. The van der Waals surface area contributed by atoms with E-state index in [1.807, 2.05) is 0 Å². The van der Waals surface area contributed by atoms with Gasteiger partial charge < -0.3 is 0 Å². The summed E-state index contributed by atoms with van der Waals surface area (Å²) in [5.74, 6) is 0. The van der Waals surface area contributed by atoms with Gasteiger partial charge >= 0.3 is 0 Å². The van der Waals surface area contributed by atoms with E-state index in [1.165, 1.54) is 0 Å². The van der Waals surface area contributed by atoms with Crippen LogP contribution < -0.4 is 5.50 Å². The highest BCUT2D eigenvalue weighted by atomic mass is 32.9. The van der Waals surface area contributed by atoms with E-state index in [0.29, 0.717) is 0 Å². The number of nitrogens with two attached hydrogens (primary N) is 1. The van der Waals surface area contributed by atoms with Crippen LogP contribution in [-0.4, -0.2) is 10.9 Å². The van der Waals surface area contributed by atoms with E-state index in [9.17, 15) is 0 Å². The molecule has 2 N–H and O–H groups in total. The lowest BCUT2D eigenvalue weighted by Gasteiger charge is -2.24. The molecule has 0 spiro atoms. The van der Waals surface area contributed by atoms with E-state index in [4.69, 9.17) is 17.3 Å². The van der Waals surface area contributed by atoms with Crippen LogP contribution in [0.5, 0.6) is 0 Å². The maximum atomic E-state index is 5.89. The molecule has 0 fully saturated rings. The summed E-state index contributed by atoms with van der Waals surface area (Å²) in [6, 6.07) is 0. The molecule has 0 aliphatic carbocycles. The van der Waals surface area contributed by atoms with Crippen LogP contribution in [0.3, 0.4) is 0 Å². The zero-order chi connectivity index (χ0) is 8.41. The van der Waals surface area contributed by atoms with E-state index in [2.05, 4.69) is 27.7 Å². The second kappa shape index (κ2) is 3.57. The van der Waals surface area contributed by atoms with Crippen LogP contribution in [-0.2, 0) is 11.8 Å². The summed E-state index contributed by atoms with van der Waals surface area (Å²) >= 11 is 7.01. The van der Waals surface area contributed by atoms with Crippen LogP contribution in [0.4, 0.5) is 0 Å². The van der Waals surface area contributed by atoms with Crippen molar-refractivity contribution >= 4 is 28.6 Å². The molecule has 62 valence electrons. The first-order chi connectivity index (χ1) is 4.27. The number of hydrogen-bond donors (Lipinski definition) is 1. The first kappa shape index (κ1) is 11.0. The van der Waals surface area contributed by atoms with Gasteiger partial charge in [0.05, 0.1) is 5.39 Å². The van der Waals surface area contributed by atoms with E-state index in [-0.39, 0.29) is 4.75 Å². The Morgan fingerprint density at radius 1 is 1.50 bits per heavy atom. The Kier molecular flexibility index (Phi) is 3.92. The van der Waals surface area contributed by atoms with Crippen LogP contribution >= 0.6 is 16.8 Å². The molecule has 0 saturated carbocycles. The molecule has 0 aromatic heterocycles. The molecule has 0 amide bonds. The fourth-order valence-corrected chi connectivity index (χ4v) is 6.77. The maximum absolute atomic E-state index is 5.89. The Morgan fingerprint density at radius 3 is 2.00 bits per heavy atom. The van der Waals surface area contributed by atoms with Gasteiger partial charge in [0, 0.05) is 4.75 Å². The van der Waals surface area contributed by atoms with Gasteiger partial charge in [0.1, 0.15) is 0 Å². The summed E-state index contributed by atoms with van der Waals surface area (Å²) in [7, 11) is 0. The van der Waals surface area contributed by atoms with Crippen LogP contribution in [0, 0.1) is 0 Å². The lowest BCUT2D eigenvalue weighted by Crippen LogP contribution is -2.09. The summed E-state index contributed by atoms with van der Waals surface area (Å²) in [5.41, 5.74) is 5.89. The molecule has 0 heterocycles. The van der Waals surface area contributed by atoms with Crippen molar-refractivity contribution < 1.29 is 0 Å². The third-order valence-electron chi connectivity index (χ3n) is 0.869. The maximum Gasteiger partial charge on any atom is 0.0620 e.